The monoisotopic (exact) mass is 167 g/mol. The quantitative estimate of drug-likeness (QED) is 0.687. The van der Waals surface area contributed by atoms with Crippen molar-refractivity contribution >= 4 is 0 Å². The Bertz CT molecular complexity index is 155. The maximum Gasteiger partial charge on any atom is 0.00698 e. The molecule has 1 heteroatoms. The van der Waals surface area contributed by atoms with Crippen LogP contribution in [0.25, 0.3) is 0 Å². The van der Waals surface area contributed by atoms with Crippen molar-refractivity contribution in [3.05, 3.63) is 0 Å². The molecule has 0 heterocycles. The predicted molar refractivity (Wildman–Crippen MR) is 51.8 cm³/mol. The van der Waals surface area contributed by atoms with Gasteiger partial charge < -0.3 is 5.73 Å². The van der Waals surface area contributed by atoms with E-state index in [4.69, 9.17) is 5.73 Å². The summed E-state index contributed by atoms with van der Waals surface area (Å²) in [4.78, 5) is 0. The van der Waals surface area contributed by atoms with Gasteiger partial charge in [0.2, 0.25) is 0 Å². The first-order valence-corrected chi connectivity index (χ1v) is 5.56. The van der Waals surface area contributed by atoms with Crippen LogP contribution in [0.3, 0.4) is 0 Å². The second-order valence-corrected chi connectivity index (χ2v) is 4.79. The Morgan fingerprint density at radius 1 is 1.33 bits per heavy atom. The molecular weight excluding hydrogens is 146 g/mol. The van der Waals surface area contributed by atoms with Crippen molar-refractivity contribution in [2.75, 3.05) is 0 Å². The summed E-state index contributed by atoms with van der Waals surface area (Å²) >= 11 is 0. The summed E-state index contributed by atoms with van der Waals surface area (Å²) in [5, 5.41) is 0. The maximum absolute atomic E-state index is 6.18. The molecule has 0 aliphatic heterocycles. The molecule has 2 aliphatic carbocycles. The Morgan fingerprint density at radius 2 is 2.17 bits per heavy atom. The molecule has 2 fully saturated rings. The zero-order chi connectivity index (χ0) is 8.55. The van der Waals surface area contributed by atoms with E-state index in [1.807, 2.05) is 0 Å². The number of fused-ring (bicyclic) bond motifs is 2. The van der Waals surface area contributed by atoms with Crippen molar-refractivity contribution in [1.82, 2.24) is 0 Å². The van der Waals surface area contributed by atoms with Crippen molar-refractivity contribution < 1.29 is 0 Å². The normalized spacial score (nSPS) is 42.0. The van der Waals surface area contributed by atoms with Crippen LogP contribution in [-0.2, 0) is 0 Å². The van der Waals surface area contributed by atoms with E-state index >= 15 is 0 Å². The van der Waals surface area contributed by atoms with Gasteiger partial charge in [0.15, 0.2) is 0 Å². The molecule has 0 aromatic carbocycles. The molecular formula is C11H21N. The standard InChI is InChI=1S/C11H21N/c1-2-3-11(12)10-7-8-4-5-9(10)6-8/h8-11H,2-7,12H2,1H3/t8?,9?,10?,11-/m1/s1. The van der Waals surface area contributed by atoms with Gasteiger partial charge >= 0.3 is 0 Å². The largest absolute Gasteiger partial charge is 0.327 e. The third kappa shape index (κ3) is 1.39. The Kier molecular flexibility index (Phi) is 2.40. The molecule has 70 valence electrons. The highest BCUT2D eigenvalue weighted by molar-refractivity contribution is 4.94. The Morgan fingerprint density at radius 3 is 2.67 bits per heavy atom. The molecule has 0 radical (unpaired) electrons. The fourth-order valence-electron chi connectivity index (χ4n) is 3.37. The van der Waals surface area contributed by atoms with Crippen LogP contribution in [0.4, 0.5) is 0 Å². The SMILES string of the molecule is CCC[C@@H](N)C1CC2CCC1C2. The second kappa shape index (κ2) is 3.37. The minimum absolute atomic E-state index is 0.519. The number of hydrogen-bond acceptors (Lipinski definition) is 1. The van der Waals surface area contributed by atoms with E-state index in [0.717, 1.165) is 17.8 Å². The first kappa shape index (κ1) is 8.55. The topological polar surface area (TPSA) is 26.0 Å². The van der Waals surface area contributed by atoms with E-state index < -0.39 is 0 Å². The van der Waals surface area contributed by atoms with Gasteiger partial charge in [0, 0.05) is 6.04 Å². The summed E-state index contributed by atoms with van der Waals surface area (Å²) in [6.07, 6.45) is 8.43. The van der Waals surface area contributed by atoms with Crippen LogP contribution < -0.4 is 5.73 Å². The molecule has 2 aliphatic rings. The molecule has 0 saturated heterocycles. The highest BCUT2D eigenvalue weighted by Crippen LogP contribution is 2.49. The first-order valence-electron chi connectivity index (χ1n) is 5.56. The molecule has 2 N–H and O–H groups in total. The van der Waals surface area contributed by atoms with Crippen molar-refractivity contribution in [3.63, 3.8) is 0 Å². The van der Waals surface area contributed by atoms with Crippen LogP contribution >= 0.6 is 0 Å². The van der Waals surface area contributed by atoms with E-state index in [1.165, 1.54) is 38.5 Å². The summed E-state index contributed by atoms with van der Waals surface area (Å²) in [5.41, 5.74) is 6.18. The lowest BCUT2D eigenvalue weighted by Crippen LogP contribution is -2.33. The average molecular weight is 167 g/mol. The van der Waals surface area contributed by atoms with Crippen molar-refractivity contribution in [3.8, 4) is 0 Å². The Labute approximate surface area is 75.7 Å². The summed E-state index contributed by atoms with van der Waals surface area (Å²) in [7, 11) is 0. The van der Waals surface area contributed by atoms with Crippen LogP contribution in [0.1, 0.15) is 45.4 Å². The van der Waals surface area contributed by atoms with Crippen molar-refractivity contribution in [2.45, 2.75) is 51.5 Å². The summed E-state index contributed by atoms with van der Waals surface area (Å²) in [5.74, 6) is 2.96. The van der Waals surface area contributed by atoms with Crippen LogP contribution in [0.2, 0.25) is 0 Å². The molecule has 2 saturated carbocycles. The van der Waals surface area contributed by atoms with E-state index in [0.29, 0.717) is 6.04 Å². The van der Waals surface area contributed by atoms with Gasteiger partial charge in [-0.15, -0.1) is 0 Å². The average Bonchev–Trinajstić information content (AvgIpc) is 2.64. The lowest BCUT2D eigenvalue weighted by molar-refractivity contribution is 0.271. The minimum atomic E-state index is 0.519. The first-order chi connectivity index (χ1) is 5.81. The zero-order valence-electron chi connectivity index (χ0n) is 8.13. The molecule has 2 bridgehead atoms. The van der Waals surface area contributed by atoms with Crippen LogP contribution in [0.5, 0.6) is 0 Å². The Balaban J connectivity index is 1.89. The van der Waals surface area contributed by atoms with Gasteiger partial charge in [0.1, 0.15) is 0 Å². The van der Waals surface area contributed by atoms with Gasteiger partial charge in [0.25, 0.3) is 0 Å². The van der Waals surface area contributed by atoms with Gasteiger partial charge in [-0.1, -0.05) is 19.8 Å². The second-order valence-electron chi connectivity index (χ2n) is 4.79. The molecule has 2 rings (SSSR count). The number of nitrogens with two attached hydrogens (primary N) is 1. The van der Waals surface area contributed by atoms with Gasteiger partial charge in [-0.3, -0.25) is 0 Å². The van der Waals surface area contributed by atoms with Gasteiger partial charge in [-0.05, 0) is 43.4 Å². The molecule has 4 atom stereocenters. The fourth-order valence-corrected chi connectivity index (χ4v) is 3.37. The maximum atomic E-state index is 6.18. The van der Waals surface area contributed by atoms with Crippen molar-refractivity contribution in [2.24, 2.45) is 23.5 Å². The molecule has 0 amide bonds. The summed E-state index contributed by atoms with van der Waals surface area (Å²) in [6.45, 7) is 2.24. The minimum Gasteiger partial charge on any atom is -0.327 e. The Hall–Kier alpha value is -0.0400. The molecule has 0 aromatic heterocycles. The van der Waals surface area contributed by atoms with E-state index in [-0.39, 0.29) is 0 Å². The number of hydrogen-bond donors (Lipinski definition) is 1. The third-order valence-electron chi connectivity index (χ3n) is 3.96. The molecule has 12 heavy (non-hydrogen) atoms. The van der Waals surface area contributed by atoms with Gasteiger partial charge in [-0.2, -0.15) is 0 Å². The van der Waals surface area contributed by atoms with Gasteiger partial charge in [0.05, 0.1) is 0 Å². The van der Waals surface area contributed by atoms with E-state index in [2.05, 4.69) is 6.92 Å². The van der Waals surface area contributed by atoms with Crippen molar-refractivity contribution in [1.29, 1.82) is 0 Å². The van der Waals surface area contributed by atoms with Crippen LogP contribution in [-0.4, -0.2) is 6.04 Å². The molecule has 1 nitrogen and oxygen atoms in total. The molecule has 3 unspecified atom stereocenters. The van der Waals surface area contributed by atoms with E-state index in [1.54, 1.807) is 0 Å². The van der Waals surface area contributed by atoms with Crippen LogP contribution in [0, 0.1) is 17.8 Å². The summed E-state index contributed by atoms with van der Waals surface area (Å²) in [6, 6.07) is 0.519. The lowest BCUT2D eigenvalue weighted by Gasteiger charge is -2.27. The lowest BCUT2D eigenvalue weighted by atomic mass is 9.82. The smallest absolute Gasteiger partial charge is 0.00698 e. The molecule has 0 aromatic rings. The zero-order valence-corrected chi connectivity index (χ0v) is 8.13. The van der Waals surface area contributed by atoms with E-state index in [9.17, 15) is 0 Å². The van der Waals surface area contributed by atoms with Gasteiger partial charge in [-0.25, -0.2) is 0 Å². The van der Waals surface area contributed by atoms with Crippen LogP contribution in [0.15, 0.2) is 0 Å². The molecule has 0 spiro atoms. The highest BCUT2D eigenvalue weighted by atomic mass is 14.7. The summed E-state index contributed by atoms with van der Waals surface area (Å²) < 4.78 is 0. The highest BCUT2D eigenvalue weighted by Gasteiger charge is 2.41. The number of rotatable bonds is 3. The fraction of sp³-hybridized carbons (Fsp3) is 1.00. The predicted octanol–water partition coefficient (Wildman–Crippen LogP) is 2.55. The third-order valence-corrected chi connectivity index (χ3v) is 3.96.